The molecular formula is C20H18FN3O3S. The number of pyridine rings is 1. The third-order valence-electron chi connectivity index (χ3n) is 3.98. The molecule has 3 rings (SSSR count). The van der Waals surface area contributed by atoms with Crippen LogP contribution in [0.5, 0.6) is 0 Å². The fourth-order valence-corrected chi connectivity index (χ4v) is 3.47. The third-order valence-corrected chi connectivity index (χ3v) is 5.36. The Hall–Kier alpha value is -3.26. The molecule has 1 heterocycles. The van der Waals surface area contributed by atoms with E-state index in [0.29, 0.717) is 11.4 Å². The van der Waals surface area contributed by atoms with Gasteiger partial charge in [-0.15, -0.1) is 0 Å². The topological polar surface area (TPSA) is 88.2 Å². The van der Waals surface area contributed by atoms with Gasteiger partial charge in [-0.3, -0.25) is 9.52 Å². The maximum Gasteiger partial charge on any atom is 0.261 e. The monoisotopic (exact) mass is 399 g/mol. The Morgan fingerprint density at radius 3 is 2.50 bits per heavy atom. The highest BCUT2D eigenvalue weighted by Crippen LogP contribution is 2.20. The molecular weight excluding hydrogens is 381 g/mol. The summed E-state index contributed by atoms with van der Waals surface area (Å²) >= 11 is 0. The number of amides is 1. The van der Waals surface area contributed by atoms with Crippen molar-refractivity contribution in [1.29, 1.82) is 0 Å². The lowest BCUT2D eigenvalue weighted by atomic mass is 10.2. The van der Waals surface area contributed by atoms with E-state index in [9.17, 15) is 17.6 Å². The molecule has 1 amide bonds. The van der Waals surface area contributed by atoms with Crippen LogP contribution >= 0.6 is 0 Å². The van der Waals surface area contributed by atoms with E-state index in [0.717, 1.165) is 11.6 Å². The SMILES string of the molecule is Cc1ccc(NC(=O)c2cccc(NS(=O)(=O)c3ccc(C)c(F)c3)c2)nc1. The molecule has 0 bridgehead atoms. The molecule has 0 radical (unpaired) electrons. The number of anilines is 2. The summed E-state index contributed by atoms with van der Waals surface area (Å²) in [7, 11) is -3.99. The minimum atomic E-state index is -3.99. The number of aryl methyl sites for hydroxylation is 2. The molecule has 28 heavy (non-hydrogen) atoms. The number of hydrogen-bond acceptors (Lipinski definition) is 4. The quantitative estimate of drug-likeness (QED) is 0.681. The first-order valence-electron chi connectivity index (χ1n) is 8.38. The first-order valence-corrected chi connectivity index (χ1v) is 9.86. The molecule has 1 aromatic heterocycles. The minimum Gasteiger partial charge on any atom is -0.307 e. The van der Waals surface area contributed by atoms with E-state index in [1.807, 2.05) is 13.0 Å². The number of aromatic nitrogens is 1. The lowest BCUT2D eigenvalue weighted by Crippen LogP contribution is -2.15. The Labute approximate surface area is 162 Å². The van der Waals surface area contributed by atoms with Gasteiger partial charge in [0.2, 0.25) is 0 Å². The van der Waals surface area contributed by atoms with Crippen LogP contribution in [0.2, 0.25) is 0 Å². The summed E-state index contributed by atoms with van der Waals surface area (Å²) in [5.74, 6) is -0.655. The smallest absolute Gasteiger partial charge is 0.261 e. The lowest BCUT2D eigenvalue weighted by Gasteiger charge is -2.10. The van der Waals surface area contributed by atoms with E-state index >= 15 is 0 Å². The predicted molar refractivity (Wildman–Crippen MR) is 105 cm³/mol. The van der Waals surface area contributed by atoms with Crippen molar-refractivity contribution >= 4 is 27.4 Å². The summed E-state index contributed by atoms with van der Waals surface area (Å²) < 4.78 is 41.0. The fourth-order valence-electron chi connectivity index (χ4n) is 2.41. The zero-order valence-electron chi connectivity index (χ0n) is 15.2. The molecule has 0 aliphatic carbocycles. The lowest BCUT2D eigenvalue weighted by molar-refractivity contribution is 0.102. The summed E-state index contributed by atoms with van der Waals surface area (Å²) in [5.41, 5.74) is 1.74. The summed E-state index contributed by atoms with van der Waals surface area (Å²) in [4.78, 5) is 16.3. The number of nitrogens with zero attached hydrogens (tertiary/aromatic N) is 1. The van der Waals surface area contributed by atoms with Crippen LogP contribution in [0.3, 0.4) is 0 Å². The largest absolute Gasteiger partial charge is 0.307 e. The first-order chi connectivity index (χ1) is 13.2. The fraction of sp³-hybridized carbons (Fsp3) is 0.100. The minimum absolute atomic E-state index is 0.186. The first kappa shape index (κ1) is 19.5. The molecule has 6 nitrogen and oxygen atoms in total. The van der Waals surface area contributed by atoms with Crippen LogP contribution in [-0.2, 0) is 10.0 Å². The highest BCUT2D eigenvalue weighted by Gasteiger charge is 2.17. The van der Waals surface area contributed by atoms with Gasteiger partial charge in [0.1, 0.15) is 11.6 Å². The van der Waals surface area contributed by atoms with Crippen LogP contribution in [0.15, 0.2) is 65.7 Å². The van der Waals surface area contributed by atoms with Crippen LogP contribution in [0.25, 0.3) is 0 Å². The highest BCUT2D eigenvalue weighted by molar-refractivity contribution is 7.92. The molecule has 0 atom stereocenters. The van der Waals surface area contributed by atoms with Crippen LogP contribution in [0, 0.1) is 19.7 Å². The van der Waals surface area contributed by atoms with Crippen LogP contribution in [0.4, 0.5) is 15.9 Å². The number of halogens is 1. The molecule has 0 saturated heterocycles. The van der Waals surface area contributed by atoms with Gasteiger partial charge in [0.25, 0.3) is 15.9 Å². The molecule has 2 aromatic carbocycles. The number of benzene rings is 2. The van der Waals surface area contributed by atoms with E-state index in [-0.39, 0.29) is 16.1 Å². The molecule has 0 aliphatic rings. The van der Waals surface area contributed by atoms with Crippen molar-refractivity contribution in [1.82, 2.24) is 4.98 Å². The summed E-state index contributed by atoms with van der Waals surface area (Å²) in [6, 6.07) is 13.1. The normalized spacial score (nSPS) is 11.1. The molecule has 8 heteroatoms. The molecule has 0 saturated carbocycles. The molecule has 0 spiro atoms. The van der Waals surface area contributed by atoms with Gasteiger partial charge in [0, 0.05) is 17.4 Å². The van der Waals surface area contributed by atoms with Crippen LogP contribution in [0.1, 0.15) is 21.5 Å². The van der Waals surface area contributed by atoms with Crippen molar-refractivity contribution in [2.75, 3.05) is 10.0 Å². The van der Waals surface area contributed by atoms with Crippen molar-refractivity contribution in [2.45, 2.75) is 18.7 Å². The Bertz CT molecular complexity index is 1130. The summed E-state index contributed by atoms with van der Waals surface area (Å²) in [6.45, 7) is 3.43. The van der Waals surface area contributed by atoms with Gasteiger partial charge in [-0.2, -0.15) is 0 Å². The number of carbonyl (C=O) groups excluding carboxylic acids is 1. The van der Waals surface area contributed by atoms with E-state index in [1.165, 1.54) is 24.3 Å². The van der Waals surface area contributed by atoms with Gasteiger partial charge in [-0.1, -0.05) is 18.2 Å². The number of nitrogens with one attached hydrogen (secondary N) is 2. The van der Waals surface area contributed by atoms with Crippen molar-refractivity contribution in [3.05, 3.63) is 83.3 Å². The maximum atomic E-state index is 13.7. The van der Waals surface area contributed by atoms with Crippen LogP contribution in [-0.4, -0.2) is 19.3 Å². The van der Waals surface area contributed by atoms with Gasteiger partial charge >= 0.3 is 0 Å². The van der Waals surface area contributed by atoms with Crippen molar-refractivity contribution in [2.24, 2.45) is 0 Å². The van der Waals surface area contributed by atoms with E-state index in [2.05, 4.69) is 15.0 Å². The molecule has 0 unspecified atom stereocenters. The zero-order chi connectivity index (χ0) is 20.3. The molecule has 144 valence electrons. The predicted octanol–water partition coefficient (Wildman–Crippen LogP) is 3.89. The van der Waals surface area contributed by atoms with E-state index in [1.54, 1.807) is 31.3 Å². The van der Waals surface area contributed by atoms with Gasteiger partial charge in [0.15, 0.2) is 0 Å². The van der Waals surface area contributed by atoms with Gasteiger partial charge in [-0.05, 0) is 61.4 Å². The van der Waals surface area contributed by atoms with Crippen molar-refractivity contribution < 1.29 is 17.6 Å². The van der Waals surface area contributed by atoms with E-state index < -0.39 is 21.7 Å². The second kappa shape index (κ2) is 7.77. The van der Waals surface area contributed by atoms with Crippen molar-refractivity contribution in [3.63, 3.8) is 0 Å². The molecule has 0 fully saturated rings. The number of sulfonamides is 1. The number of carbonyl (C=O) groups is 1. The summed E-state index contributed by atoms with van der Waals surface area (Å²) in [6.07, 6.45) is 1.63. The van der Waals surface area contributed by atoms with Gasteiger partial charge in [0.05, 0.1) is 4.90 Å². The Kier molecular flexibility index (Phi) is 5.41. The molecule has 0 aliphatic heterocycles. The molecule has 3 aromatic rings. The third kappa shape index (κ3) is 4.52. The second-order valence-corrected chi connectivity index (χ2v) is 7.95. The average Bonchev–Trinajstić information content (AvgIpc) is 2.65. The zero-order valence-corrected chi connectivity index (χ0v) is 16.0. The maximum absolute atomic E-state index is 13.7. The Morgan fingerprint density at radius 1 is 1.04 bits per heavy atom. The Balaban J connectivity index is 1.79. The second-order valence-electron chi connectivity index (χ2n) is 6.27. The number of rotatable bonds is 5. The standard InChI is InChI=1S/C20H18FN3O3S/c1-13-6-9-19(22-12-13)23-20(25)15-4-3-5-16(10-15)24-28(26,27)17-8-7-14(2)18(21)11-17/h3-12,24H,1-2H3,(H,22,23,25). The van der Waals surface area contributed by atoms with Gasteiger partial charge in [-0.25, -0.2) is 17.8 Å². The van der Waals surface area contributed by atoms with Crippen molar-refractivity contribution in [3.8, 4) is 0 Å². The van der Waals surface area contributed by atoms with Crippen LogP contribution < -0.4 is 10.0 Å². The number of hydrogen-bond donors (Lipinski definition) is 2. The van der Waals surface area contributed by atoms with Gasteiger partial charge < -0.3 is 5.32 Å². The highest BCUT2D eigenvalue weighted by atomic mass is 32.2. The Morgan fingerprint density at radius 2 is 1.82 bits per heavy atom. The molecule has 2 N–H and O–H groups in total. The summed E-state index contributed by atoms with van der Waals surface area (Å²) in [5, 5.41) is 2.64. The van der Waals surface area contributed by atoms with E-state index in [4.69, 9.17) is 0 Å². The average molecular weight is 399 g/mol.